The van der Waals surface area contributed by atoms with Gasteiger partial charge in [0.05, 0.1) is 11.6 Å². The van der Waals surface area contributed by atoms with Crippen molar-refractivity contribution in [1.29, 1.82) is 0 Å². The Hall–Kier alpha value is -2.18. The second-order valence-corrected chi connectivity index (χ2v) is 7.32. The van der Waals surface area contributed by atoms with Crippen molar-refractivity contribution in [2.75, 3.05) is 6.61 Å². The number of nitrogens with zero attached hydrogens (tertiary/aromatic N) is 3. The summed E-state index contributed by atoms with van der Waals surface area (Å²) in [7, 11) is 0. The standard InChI is InChI=1S/C19H20ClN3O2S/c1-3-4-5-10-25-15-8-6-14(7-9-15)12-16(20)18-22-23-17(24)11-13(2)21-19(23)26-18/h6-9,11-12H,3-5,10H2,1-2H3/b16-12-. The summed E-state index contributed by atoms with van der Waals surface area (Å²) in [6.07, 6.45) is 5.24. The van der Waals surface area contributed by atoms with Crippen molar-refractivity contribution < 1.29 is 4.74 Å². The number of unbranched alkanes of at least 4 members (excludes halogenated alkanes) is 2. The predicted molar refractivity (Wildman–Crippen MR) is 107 cm³/mol. The van der Waals surface area contributed by atoms with Gasteiger partial charge in [0.25, 0.3) is 5.56 Å². The molecule has 2 aromatic heterocycles. The minimum atomic E-state index is -0.205. The largest absolute Gasteiger partial charge is 0.494 e. The van der Waals surface area contributed by atoms with Gasteiger partial charge in [-0.3, -0.25) is 4.79 Å². The number of hydrogen-bond donors (Lipinski definition) is 0. The zero-order valence-corrected chi connectivity index (χ0v) is 16.3. The molecule has 1 aromatic carbocycles. The van der Waals surface area contributed by atoms with Crippen LogP contribution in [0.5, 0.6) is 5.75 Å². The molecule has 0 spiro atoms. The molecule has 2 heterocycles. The first kappa shape index (κ1) is 18.6. The van der Waals surface area contributed by atoms with E-state index in [1.54, 1.807) is 6.92 Å². The normalized spacial score (nSPS) is 11.9. The molecule has 26 heavy (non-hydrogen) atoms. The summed E-state index contributed by atoms with van der Waals surface area (Å²) in [5.74, 6) is 0.848. The molecule has 3 rings (SSSR count). The minimum absolute atomic E-state index is 0.205. The Morgan fingerprint density at radius 1 is 1.31 bits per heavy atom. The molecule has 0 aliphatic carbocycles. The Kier molecular flexibility index (Phi) is 6.06. The van der Waals surface area contributed by atoms with Crippen molar-refractivity contribution in [3.8, 4) is 5.75 Å². The van der Waals surface area contributed by atoms with Crippen LogP contribution < -0.4 is 10.3 Å². The van der Waals surface area contributed by atoms with E-state index in [-0.39, 0.29) is 5.56 Å². The van der Waals surface area contributed by atoms with Crippen LogP contribution in [0.15, 0.2) is 35.1 Å². The van der Waals surface area contributed by atoms with Crippen LogP contribution in [0.4, 0.5) is 0 Å². The van der Waals surface area contributed by atoms with Gasteiger partial charge in [0.2, 0.25) is 4.96 Å². The maximum atomic E-state index is 11.9. The molecular weight excluding hydrogens is 370 g/mol. The van der Waals surface area contributed by atoms with Gasteiger partial charge in [-0.2, -0.15) is 9.61 Å². The van der Waals surface area contributed by atoms with Gasteiger partial charge < -0.3 is 4.74 Å². The van der Waals surface area contributed by atoms with E-state index in [0.717, 1.165) is 24.3 Å². The van der Waals surface area contributed by atoms with Gasteiger partial charge in [0.1, 0.15) is 5.75 Å². The van der Waals surface area contributed by atoms with E-state index in [1.165, 1.54) is 34.8 Å². The SMILES string of the molecule is CCCCCOc1ccc(/C=C(\Cl)c2nn3c(=O)cc(C)nc3s2)cc1. The molecule has 0 radical (unpaired) electrons. The number of ether oxygens (including phenoxy) is 1. The average Bonchev–Trinajstić information content (AvgIpc) is 3.05. The molecule has 0 aliphatic heterocycles. The van der Waals surface area contributed by atoms with Gasteiger partial charge in [0.15, 0.2) is 5.01 Å². The molecule has 0 bridgehead atoms. The first-order valence-corrected chi connectivity index (χ1v) is 9.74. The topological polar surface area (TPSA) is 56.5 Å². The molecule has 0 saturated heterocycles. The highest BCUT2D eigenvalue weighted by Gasteiger charge is 2.10. The molecule has 0 atom stereocenters. The van der Waals surface area contributed by atoms with E-state index in [9.17, 15) is 4.79 Å². The number of benzene rings is 1. The molecule has 0 aliphatic rings. The molecular formula is C19H20ClN3O2S. The van der Waals surface area contributed by atoms with Crippen molar-refractivity contribution in [3.63, 3.8) is 0 Å². The molecule has 0 saturated carbocycles. The van der Waals surface area contributed by atoms with Crippen LogP contribution in [-0.4, -0.2) is 21.2 Å². The first-order valence-electron chi connectivity index (χ1n) is 8.55. The third kappa shape index (κ3) is 4.51. The van der Waals surface area contributed by atoms with Crippen LogP contribution >= 0.6 is 22.9 Å². The molecule has 3 aromatic rings. The second kappa shape index (κ2) is 8.47. The highest BCUT2D eigenvalue weighted by molar-refractivity contribution is 7.18. The number of hydrogen-bond acceptors (Lipinski definition) is 5. The third-order valence-electron chi connectivity index (χ3n) is 3.77. The summed E-state index contributed by atoms with van der Waals surface area (Å²) in [4.78, 5) is 16.8. The van der Waals surface area contributed by atoms with Gasteiger partial charge >= 0.3 is 0 Å². The Labute approximate surface area is 160 Å². The zero-order chi connectivity index (χ0) is 18.5. The Morgan fingerprint density at radius 2 is 2.08 bits per heavy atom. The van der Waals surface area contributed by atoms with Gasteiger partial charge in [-0.15, -0.1) is 0 Å². The van der Waals surface area contributed by atoms with Crippen molar-refractivity contribution >= 4 is 39.0 Å². The fourth-order valence-electron chi connectivity index (χ4n) is 2.43. The number of halogens is 1. The fourth-order valence-corrected chi connectivity index (χ4v) is 3.57. The van der Waals surface area contributed by atoms with E-state index in [0.29, 0.717) is 20.7 Å². The van der Waals surface area contributed by atoms with Gasteiger partial charge in [0, 0.05) is 11.8 Å². The van der Waals surface area contributed by atoms with Crippen molar-refractivity contribution in [3.05, 3.63) is 57.0 Å². The predicted octanol–water partition coefficient (Wildman–Crippen LogP) is 4.77. The average molecular weight is 390 g/mol. The summed E-state index contributed by atoms with van der Waals surface area (Å²) in [6, 6.07) is 9.19. The van der Waals surface area contributed by atoms with Crippen molar-refractivity contribution in [1.82, 2.24) is 14.6 Å². The molecule has 7 heteroatoms. The molecule has 5 nitrogen and oxygen atoms in total. The highest BCUT2D eigenvalue weighted by atomic mass is 35.5. The Balaban J connectivity index is 1.75. The lowest BCUT2D eigenvalue weighted by Gasteiger charge is -2.05. The summed E-state index contributed by atoms with van der Waals surface area (Å²) in [5, 5.41) is 5.28. The number of aryl methyl sites for hydroxylation is 1. The van der Waals surface area contributed by atoms with Crippen LogP contribution in [0.2, 0.25) is 0 Å². The maximum Gasteiger partial charge on any atom is 0.275 e. The van der Waals surface area contributed by atoms with Gasteiger partial charge in [-0.05, 0) is 37.1 Å². The molecule has 0 amide bonds. The number of fused-ring (bicyclic) bond motifs is 1. The molecule has 0 unspecified atom stereocenters. The van der Waals surface area contributed by atoms with Crippen LogP contribution in [0.1, 0.15) is 42.5 Å². The van der Waals surface area contributed by atoms with E-state index in [1.807, 2.05) is 30.3 Å². The van der Waals surface area contributed by atoms with Crippen molar-refractivity contribution in [2.24, 2.45) is 0 Å². The quantitative estimate of drug-likeness (QED) is 0.546. The summed E-state index contributed by atoms with van der Waals surface area (Å²) in [6.45, 7) is 4.69. The maximum absolute atomic E-state index is 11.9. The fraction of sp³-hybridized carbons (Fsp3) is 0.316. The van der Waals surface area contributed by atoms with Crippen molar-refractivity contribution in [2.45, 2.75) is 33.1 Å². The molecule has 136 valence electrons. The monoisotopic (exact) mass is 389 g/mol. The highest BCUT2D eigenvalue weighted by Crippen LogP contribution is 2.26. The Morgan fingerprint density at radius 3 is 2.81 bits per heavy atom. The summed E-state index contributed by atoms with van der Waals surface area (Å²) >= 11 is 7.68. The third-order valence-corrected chi connectivity index (χ3v) is 5.11. The minimum Gasteiger partial charge on any atom is -0.494 e. The first-order chi connectivity index (χ1) is 12.6. The van der Waals surface area contributed by atoms with Crippen LogP contribution in [0.25, 0.3) is 16.1 Å². The number of aromatic nitrogens is 3. The Bertz CT molecular complexity index is 977. The smallest absolute Gasteiger partial charge is 0.275 e. The lowest BCUT2D eigenvalue weighted by atomic mass is 10.2. The molecule has 0 N–H and O–H groups in total. The van der Waals surface area contributed by atoms with Crippen LogP contribution in [-0.2, 0) is 0 Å². The zero-order valence-electron chi connectivity index (χ0n) is 14.7. The lowest BCUT2D eigenvalue weighted by Crippen LogP contribution is -2.14. The summed E-state index contributed by atoms with van der Waals surface area (Å²) < 4.78 is 6.98. The van der Waals surface area contributed by atoms with Crippen LogP contribution in [0, 0.1) is 6.92 Å². The lowest BCUT2D eigenvalue weighted by molar-refractivity contribution is 0.306. The number of rotatable bonds is 7. The second-order valence-electron chi connectivity index (χ2n) is 5.95. The van der Waals surface area contributed by atoms with E-state index < -0.39 is 0 Å². The summed E-state index contributed by atoms with van der Waals surface area (Å²) in [5.41, 5.74) is 1.40. The molecule has 0 fully saturated rings. The van der Waals surface area contributed by atoms with Gasteiger partial charge in [-0.1, -0.05) is 54.8 Å². The van der Waals surface area contributed by atoms with E-state index >= 15 is 0 Å². The van der Waals surface area contributed by atoms with E-state index in [4.69, 9.17) is 16.3 Å². The van der Waals surface area contributed by atoms with Gasteiger partial charge in [-0.25, -0.2) is 4.98 Å². The van der Waals surface area contributed by atoms with E-state index in [2.05, 4.69) is 17.0 Å². The van der Waals surface area contributed by atoms with Crippen LogP contribution in [0.3, 0.4) is 0 Å².